The molecule has 0 radical (unpaired) electrons. The fraction of sp³-hybridized carbons (Fsp3) is 0.400. The minimum absolute atomic E-state index is 0. The van der Waals surface area contributed by atoms with Crippen LogP contribution in [0.25, 0.3) is 11.5 Å². The summed E-state index contributed by atoms with van der Waals surface area (Å²) >= 11 is 0. The average Bonchev–Trinajstić information content (AvgIpc) is 3.42. The Bertz CT molecular complexity index is 962. The number of benzene rings is 1. The van der Waals surface area contributed by atoms with Crippen molar-refractivity contribution in [1.29, 1.82) is 0 Å². The number of rotatable bonds is 6. The number of nitrogens with zero attached hydrogens (tertiary/aromatic N) is 5. The van der Waals surface area contributed by atoms with Crippen molar-refractivity contribution >= 4 is 29.9 Å². The summed E-state index contributed by atoms with van der Waals surface area (Å²) in [5.74, 6) is 3.35. The molecule has 1 aromatic carbocycles. The van der Waals surface area contributed by atoms with Gasteiger partial charge in [-0.15, -0.1) is 34.2 Å². The molecule has 1 aliphatic rings. The van der Waals surface area contributed by atoms with E-state index in [9.17, 15) is 0 Å². The molecule has 4 rings (SSSR count). The Balaban J connectivity index is 0.00000240. The molecular formula is C20H26IN7O. The number of hydrogen-bond acceptors (Lipinski definition) is 5. The van der Waals surface area contributed by atoms with E-state index in [4.69, 9.17) is 4.42 Å². The molecule has 3 aromatic rings. The van der Waals surface area contributed by atoms with Gasteiger partial charge in [0.25, 0.3) is 0 Å². The van der Waals surface area contributed by atoms with Crippen molar-refractivity contribution in [2.45, 2.75) is 46.3 Å². The second kappa shape index (κ2) is 9.86. The maximum absolute atomic E-state index is 5.61. The first-order chi connectivity index (χ1) is 13.7. The third-order valence-electron chi connectivity index (χ3n) is 4.69. The lowest BCUT2D eigenvalue weighted by Crippen LogP contribution is -2.37. The highest BCUT2D eigenvalue weighted by atomic mass is 127. The molecule has 2 aromatic heterocycles. The van der Waals surface area contributed by atoms with Crippen LogP contribution in [0.2, 0.25) is 0 Å². The second-order valence-electron chi connectivity index (χ2n) is 6.85. The molecular weight excluding hydrogens is 481 g/mol. The molecule has 9 heteroatoms. The van der Waals surface area contributed by atoms with E-state index in [-0.39, 0.29) is 24.0 Å². The lowest BCUT2D eigenvalue weighted by molar-refractivity contribution is 0.572. The number of aromatic nitrogens is 4. The van der Waals surface area contributed by atoms with E-state index in [1.165, 1.54) is 5.56 Å². The van der Waals surface area contributed by atoms with Gasteiger partial charge in [-0.3, -0.25) is 0 Å². The zero-order chi connectivity index (χ0) is 19.3. The van der Waals surface area contributed by atoms with Crippen molar-refractivity contribution in [3.8, 4) is 11.5 Å². The first kappa shape index (κ1) is 21.3. The summed E-state index contributed by atoms with van der Waals surface area (Å²) in [6.45, 7) is 6.89. The first-order valence-corrected chi connectivity index (χ1v) is 9.67. The summed E-state index contributed by atoms with van der Waals surface area (Å²) in [6.07, 6.45) is 3.81. The molecule has 0 saturated carbocycles. The van der Waals surface area contributed by atoms with Gasteiger partial charge in [0.2, 0.25) is 5.89 Å². The predicted molar refractivity (Wildman–Crippen MR) is 122 cm³/mol. The molecule has 1 aliphatic heterocycles. The van der Waals surface area contributed by atoms with Crippen LogP contribution in [0.5, 0.6) is 0 Å². The Hall–Kier alpha value is -2.43. The molecule has 29 heavy (non-hydrogen) atoms. The van der Waals surface area contributed by atoms with E-state index in [1.54, 1.807) is 6.26 Å². The van der Waals surface area contributed by atoms with Gasteiger partial charge in [-0.1, -0.05) is 17.7 Å². The summed E-state index contributed by atoms with van der Waals surface area (Å²) in [5, 5.41) is 15.1. The number of hydrogen-bond donors (Lipinski definition) is 2. The molecule has 0 unspecified atom stereocenters. The topological polar surface area (TPSA) is 93.2 Å². The molecule has 8 nitrogen and oxygen atoms in total. The van der Waals surface area contributed by atoms with E-state index >= 15 is 0 Å². The number of oxazole rings is 1. The van der Waals surface area contributed by atoms with E-state index < -0.39 is 0 Å². The Morgan fingerprint density at radius 3 is 2.83 bits per heavy atom. The third kappa shape index (κ3) is 5.14. The van der Waals surface area contributed by atoms with Gasteiger partial charge < -0.3 is 19.6 Å². The predicted octanol–water partition coefficient (Wildman–Crippen LogP) is 3.06. The third-order valence-corrected chi connectivity index (χ3v) is 4.69. The summed E-state index contributed by atoms with van der Waals surface area (Å²) in [7, 11) is 0. The summed E-state index contributed by atoms with van der Waals surface area (Å²) < 4.78 is 7.79. The number of nitrogens with one attached hydrogen (secondary N) is 2. The normalized spacial score (nSPS) is 13.1. The van der Waals surface area contributed by atoms with Gasteiger partial charge in [-0.25, -0.2) is 9.98 Å². The maximum atomic E-state index is 5.61. The number of guanidine groups is 1. The van der Waals surface area contributed by atoms with Crippen LogP contribution in [0.1, 0.15) is 36.3 Å². The molecule has 3 heterocycles. The quantitative estimate of drug-likeness (QED) is 0.303. The number of fused-ring (bicyclic) bond motifs is 1. The van der Waals surface area contributed by atoms with Crippen LogP contribution in [-0.4, -0.2) is 32.3 Å². The fourth-order valence-electron chi connectivity index (χ4n) is 3.21. The number of halogens is 1. The van der Waals surface area contributed by atoms with Crippen LogP contribution >= 0.6 is 24.0 Å². The molecule has 0 fully saturated rings. The zero-order valence-corrected chi connectivity index (χ0v) is 19.0. The number of aryl methyl sites for hydroxylation is 2. The lowest BCUT2D eigenvalue weighted by Gasteiger charge is -2.10. The van der Waals surface area contributed by atoms with Crippen LogP contribution in [-0.2, 0) is 26.1 Å². The minimum Gasteiger partial charge on any atom is -0.444 e. The second-order valence-corrected chi connectivity index (χ2v) is 6.85. The van der Waals surface area contributed by atoms with Crippen molar-refractivity contribution < 1.29 is 4.42 Å². The largest absolute Gasteiger partial charge is 0.444 e. The minimum atomic E-state index is 0. The van der Waals surface area contributed by atoms with Crippen LogP contribution in [0.4, 0.5) is 0 Å². The van der Waals surface area contributed by atoms with Crippen molar-refractivity contribution in [2.24, 2.45) is 4.99 Å². The molecule has 0 bridgehead atoms. The molecule has 0 atom stereocenters. The Morgan fingerprint density at radius 2 is 2.03 bits per heavy atom. The first-order valence-electron chi connectivity index (χ1n) is 9.67. The fourth-order valence-corrected chi connectivity index (χ4v) is 3.21. The highest BCUT2D eigenvalue weighted by Gasteiger charge is 2.17. The summed E-state index contributed by atoms with van der Waals surface area (Å²) in [4.78, 5) is 9.16. The maximum Gasteiger partial charge on any atom is 0.226 e. The lowest BCUT2D eigenvalue weighted by atomic mass is 10.1. The van der Waals surface area contributed by atoms with Crippen molar-refractivity contribution in [3.05, 3.63) is 53.4 Å². The van der Waals surface area contributed by atoms with Crippen molar-refractivity contribution in [3.63, 3.8) is 0 Å². The van der Waals surface area contributed by atoms with E-state index in [0.717, 1.165) is 54.8 Å². The Labute approximate surface area is 187 Å². The van der Waals surface area contributed by atoms with E-state index in [2.05, 4.69) is 42.3 Å². The van der Waals surface area contributed by atoms with Crippen molar-refractivity contribution in [2.75, 3.05) is 6.54 Å². The van der Waals surface area contributed by atoms with Gasteiger partial charge in [0.1, 0.15) is 17.8 Å². The Morgan fingerprint density at radius 1 is 1.21 bits per heavy atom. The van der Waals surface area contributed by atoms with Crippen LogP contribution in [0.15, 0.2) is 39.9 Å². The molecule has 0 spiro atoms. The summed E-state index contributed by atoms with van der Waals surface area (Å²) in [5.41, 5.74) is 2.96. The van der Waals surface area contributed by atoms with Gasteiger partial charge in [0.15, 0.2) is 11.8 Å². The van der Waals surface area contributed by atoms with Gasteiger partial charge in [0.05, 0.1) is 13.1 Å². The van der Waals surface area contributed by atoms with Crippen LogP contribution < -0.4 is 10.6 Å². The van der Waals surface area contributed by atoms with Gasteiger partial charge in [-0.2, -0.15) is 0 Å². The molecule has 154 valence electrons. The Kier molecular flexibility index (Phi) is 7.24. The highest BCUT2D eigenvalue weighted by molar-refractivity contribution is 14.0. The molecule has 0 amide bonds. The molecule has 0 aliphatic carbocycles. The average molecular weight is 507 g/mol. The van der Waals surface area contributed by atoms with Gasteiger partial charge in [0, 0.05) is 25.1 Å². The monoisotopic (exact) mass is 507 g/mol. The zero-order valence-electron chi connectivity index (χ0n) is 16.7. The van der Waals surface area contributed by atoms with E-state index in [0.29, 0.717) is 19.0 Å². The summed E-state index contributed by atoms with van der Waals surface area (Å²) in [6, 6.07) is 8.12. The van der Waals surface area contributed by atoms with Crippen molar-refractivity contribution in [1.82, 2.24) is 30.4 Å². The molecule has 2 N–H and O–H groups in total. The van der Waals surface area contributed by atoms with E-state index in [1.807, 2.05) is 31.2 Å². The SMILES string of the molecule is CCNC(=NCc1coc(-c2ccc(C)cc2)n1)NCc1nnc2n1CCC2.I. The smallest absolute Gasteiger partial charge is 0.226 e. The van der Waals surface area contributed by atoms with Crippen LogP contribution in [0.3, 0.4) is 0 Å². The van der Waals surface area contributed by atoms with Gasteiger partial charge in [-0.05, 0) is 32.4 Å². The van der Waals surface area contributed by atoms with Gasteiger partial charge >= 0.3 is 0 Å². The standard InChI is InChI=1S/C20H25N7O.HI/c1-3-21-20(23-12-18-26-25-17-5-4-10-27(17)18)22-11-16-13-28-19(24-16)15-8-6-14(2)7-9-15;/h6-9,13H,3-5,10-12H2,1-2H3,(H2,21,22,23);1H. The molecule has 0 saturated heterocycles. The van der Waals surface area contributed by atoms with Crippen LogP contribution in [0, 0.1) is 6.92 Å². The number of aliphatic imine (C=N–C) groups is 1. The highest BCUT2D eigenvalue weighted by Crippen LogP contribution is 2.19.